The Balaban J connectivity index is 1.84. The van der Waals surface area contributed by atoms with Crippen molar-refractivity contribution in [3.05, 3.63) is 34.1 Å². The molecule has 0 radical (unpaired) electrons. The highest BCUT2D eigenvalue weighted by molar-refractivity contribution is 6.32. The van der Waals surface area contributed by atoms with Crippen molar-refractivity contribution >= 4 is 11.6 Å². The van der Waals surface area contributed by atoms with Crippen molar-refractivity contribution in [3.63, 3.8) is 0 Å². The number of hydrogen-bond acceptors (Lipinski definition) is 3. The number of rotatable bonds is 2. The van der Waals surface area contributed by atoms with Crippen LogP contribution in [0.3, 0.4) is 0 Å². The van der Waals surface area contributed by atoms with Gasteiger partial charge in [0.2, 0.25) is 0 Å². The molecule has 2 atom stereocenters. The molecule has 2 aliphatic heterocycles. The topological polar surface area (TPSA) is 18.5 Å². The third kappa shape index (κ3) is 3.09. The molecule has 21 heavy (non-hydrogen) atoms. The minimum absolute atomic E-state index is 0.135. The molecule has 2 saturated heterocycles. The van der Waals surface area contributed by atoms with Gasteiger partial charge in [0, 0.05) is 43.3 Å². The number of benzene rings is 1. The van der Waals surface area contributed by atoms with Crippen molar-refractivity contribution in [2.75, 3.05) is 39.8 Å². The molecular weight excluding hydrogens is 289 g/mol. The number of nitrogens with zero attached hydrogens (tertiary/aromatic N) is 2. The van der Waals surface area contributed by atoms with Crippen LogP contribution in [0.15, 0.2) is 12.1 Å². The first kappa shape index (κ1) is 15.2. The Kier molecular flexibility index (Phi) is 4.50. The summed E-state index contributed by atoms with van der Waals surface area (Å²) in [6, 6.07) is 3.65. The summed E-state index contributed by atoms with van der Waals surface area (Å²) in [7, 11) is 2.16. The van der Waals surface area contributed by atoms with Crippen LogP contribution in [-0.4, -0.2) is 55.6 Å². The van der Waals surface area contributed by atoms with Crippen molar-refractivity contribution in [2.45, 2.75) is 25.4 Å². The van der Waals surface area contributed by atoms with E-state index in [1.165, 1.54) is 6.07 Å². The zero-order valence-electron chi connectivity index (χ0n) is 12.7. The van der Waals surface area contributed by atoms with Crippen molar-refractivity contribution in [2.24, 2.45) is 0 Å². The summed E-state index contributed by atoms with van der Waals surface area (Å²) < 4.78 is 13.8. The maximum atomic E-state index is 13.8. The predicted molar refractivity (Wildman–Crippen MR) is 84.4 cm³/mol. The molecule has 0 bridgehead atoms. The van der Waals surface area contributed by atoms with E-state index in [9.17, 15) is 4.39 Å². The van der Waals surface area contributed by atoms with Crippen LogP contribution >= 0.6 is 11.6 Å². The number of aryl methyl sites for hydroxylation is 1. The van der Waals surface area contributed by atoms with Gasteiger partial charge in [-0.15, -0.1) is 0 Å². The average Bonchev–Trinajstić information content (AvgIpc) is 2.93. The van der Waals surface area contributed by atoms with E-state index in [4.69, 9.17) is 11.6 Å². The largest absolute Gasteiger partial charge is 0.309 e. The van der Waals surface area contributed by atoms with Gasteiger partial charge in [-0.1, -0.05) is 11.6 Å². The number of halogens is 2. The summed E-state index contributed by atoms with van der Waals surface area (Å²) in [4.78, 5) is 4.88. The van der Waals surface area contributed by atoms with E-state index in [-0.39, 0.29) is 11.9 Å². The fraction of sp³-hybridized carbons (Fsp3) is 0.625. The minimum Gasteiger partial charge on any atom is -0.309 e. The van der Waals surface area contributed by atoms with Gasteiger partial charge in [-0.2, -0.15) is 0 Å². The van der Waals surface area contributed by atoms with E-state index < -0.39 is 0 Å². The average molecular weight is 312 g/mol. The Morgan fingerprint density at radius 1 is 1.24 bits per heavy atom. The van der Waals surface area contributed by atoms with Crippen LogP contribution < -0.4 is 5.32 Å². The van der Waals surface area contributed by atoms with E-state index >= 15 is 0 Å². The second kappa shape index (κ2) is 6.21. The number of nitrogens with one attached hydrogen (secondary N) is 1. The fourth-order valence-electron chi connectivity index (χ4n) is 3.53. The maximum Gasteiger partial charge on any atom is 0.123 e. The zero-order valence-corrected chi connectivity index (χ0v) is 13.5. The van der Waals surface area contributed by atoms with Crippen LogP contribution in [0.25, 0.3) is 0 Å². The Morgan fingerprint density at radius 2 is 1.95 bits per heavy atom. The summed E-state index contributed by atoms with van der Waals surface area (Å²) in [5.74, 6) is -0.197. The summed E-state index contributed by atoms with van der Waals surface area (Å²) in [6.07, 6.45) is 1.10. The van der Waals surface area contributed by atoms with Gasteiger partial charge in [-0.05, 0) is 50.2 Å². The predicted octanol–water partition coefficient (Wildman–Crippen LogP) is 2.44. The first-order valence-corrected chi connectivity index (χ1v) is 8.05. The molecule has 3 rings (SSSR count). The van der Waals surface area contributed by atoms with Gasteiger partial charge < -0.3 is 10.2 Å². The molecule has 1 N–H and O–H groups in total. The summed E-state index contributed by atoms with van der Waals surface area (Å²) in [5, 5.41) is 4.22. The third-order valence-electron chi connectivity index (χ3n) is 4.78. The molecule has 3 nitrogen and oxygen atoms in total. The molecule has 0 saturated carbocycles. The molecule has 0 aromatic heterocycles. The lowest BCUT2D eigenvalue weighted by Crippen LogP contribution is -2.50. The Bertz CT molecular complexity index is 514. The second-order valence-electron chi connectivity index (χ2n) is 6.25. The normalized spacial score (nSPS) is 28.2. The van der Waals surface area contributed by atoms with E-state index in [1.54, 1.807) is 6.07 Å². The standard InChI is InChI=1S/C16H23ClFN3/c1-11-9-12(18)10-13(15(11)17)16-14(3-4-19-16)21-7-5-20(2)6-8-21/h9-10,14,16,19H,3-8H2,1-2H3/t14-,16-/m1/s1. The molecule has 1 aromatic rings. The van der Waals surface area contributed by atoms with Gasteiger partial charge in [0.05, 0.1) is 0 Å². The second-order valence-corrected chi connectivity index (χ2v) is 6.63. The van der Waals surface area contributed by atoms with Gasteiger partial charge in [0.15, 0.2) is 0 Å². The van der Waals surface area contributed by atoms with E-state index in [2.05, 4.69) is 22.2 Å². The summed E-state index contributed by atoms with van der Waals surface area (Å²) in [5.41, 5.74) is 1.73. The van der Waals surface area contributed by atoms with Crippen LogP contribution in [0.5, 0.6) is 0 Å². The van der Waals surface area contributed by atoms with E-state index in [0.717, 1.165) is 50.3 Å². The lowest BCUT2D eigenvalue weighted by Gasteiger charge is -2.39. The number of hydrogen-bond donors (Lipinski definition) is 1. The highest BCUT2D eigenvalue weighted by Crippen LogP contribution is 2.35. The van der Waals surface area contributed by atoms with Crippen LogP contribution in [0.1, 0.15) is 23.6 Å². The fourth-order valence-corrected chi connectivity index (χ4v) is 3.76. The maximum absolute atomic E-state index is 13.8. The molecule has 0 spiro atoms. The van der Waals surface area contributed by atoms with Gasteiger partial charge >= 0.3 is 0 Å². The van der Waals surface area contributed by atoms with Crippen molar-refractivity contribution < 1.29 is 4.39 Å². The quantitative estimate of drug-likeness (QED) is 0.905. The third-order valence-corrected chi connectivity index (χ3v) is 5.29. The molecule has 5 heteroatoms. The Hall–Kier alpha value is -0.680. The van der Waals surface area contributed by atoms with Crippen LogP contribution in [0, 0.1) is 12.7 Å². The highest BCUT2D eigenvalue weighted by Gasteiger charge is 2.35. The van der Waals surface area contributed by atoms with E-state index in [1.807, 2.05) is 6.92 Å². The van der Waals surface area contributed by atoms with Gasteiger partial charge in [-0.3, -0.25) is 4.90 Å². The molecule has 116 valence electrons. The monoisotopic (exact) mass is 311 g/mol. The molecular formula is C16H23ClFN3. The highest BCUT2D eigenvalue weighted by atomic mass is 35.5. The molecule has 0 amide bonds. The zero-order chi connectivity index (χ0) is 15.0. The van der Waals surface area contributed by atoms with Gasteiger partial charge in [-0.25, -0.2) is 4.39 Å². The molecule has 2 heterocycles. The SMILES string of the molecule is Cc1cc(F)cc([C@H]2NCC[C@H]2N2CCN(C)CC2)c1Cl. The van der Waals surface area contributed by atoms with E-state index in [0.29, 0.717) is 11.1 Å². The van der Waals surface area contributed by atoms with Crippen LogP contribution in [0.4, 0.5) is 4.39 Å². The van der Waals surface area contributed by atoms with Gasteiger partial charge in [0.25, 0.3) is 0 Å². The molecule has 0 aliphatic carbocycles. The smallest absolute Gasteiger partial charge is 0.123 e. The minimum atomic E-state index is -0.197. The number of piperazine rings is 1. The van der Waals surface area contributed by atoms with Crippen LogP contribution in [-0.2, 0) is 0 Å². The Labute approximate surface area is 131 Å². The summed E-state index contributed by atoms with van der Waals surface area (Å²) >= 11 is 6.44. The molecule has 2 aliphatic rings. The van der Waals surface area contributed by atoms with Crippen molar-refractivity contribution in [3.8, 4) is 0 Å². The first-order valence-electron chi connectivity index (χ1n) is 7.68. The lowest BCUT2D eigenvalue weighted by molar-refractivity contribution is 0.104. The molecule has 1 aromatic carbocycles. The first-order chi connectivity index (χ1) is 10.1. The van der Waals surface area contributed by atoms with Crippen LogP contribution in [0.2, 0.25) is 5.02 Å². The Morgan fingerprint density at radius 3 is 2.67 bits per heavy atom. The summed E-state index contributed by atoms with van der Waals surface area (Å²) in [6.45, 7) is 7.18. The molecule has 0 unspecified atom stereocenters. The lowest BCUT2D eigenvalue weighted by atomic mass is 9.97. The van der Waals surface area contributed by atoms with Gasteiger partial charge in [0.1, 0.15) is 5.82 Å². The number of likely N-dealkylation sites (N-methyl/N-ethyl adjacent to an activating group) is 1. The molecule has 2 fully saturated rings. The van der Waals surface area contributed by atoms with Crippen molar-refractivity contribution in [1.29, 1.82) is 0 Å². The van der Waals surface area contributed by atoms with Crippen molar-refractivity contribution in [1.82, 2.24) is 15.1 Å².